The minimum absolute atomic E-state index is 0.200. The fourth-order valence-electron chi connectivity index (χ4n) is 25.4. The molecule has 4 heteroatoms. The van der Waals surface area contributed by atoms with Crippen molar-refractivity contribution in [3.05, 3.63) is 549 Å². The summed E-state index contributed by atoms with van der Waals surface area (Å²) in [5.41, 5.74) is 43.4. The summed E-state index contributed by atoms with van der Waals surface area (Å²) in [6, 6.07) is 164. The van der Waals surface area contributed by atoms with E-state index in [-0.39, 0.29) is 21.7 Å². The average molecular weight is 1990 g/mol. The van der Waals surface area contributed by atoms with Gasteiger partial charge in [0.05, 0.1) is 16.2 Å². The highest BCUT2D eigenvalue weighted by atomic mass is 32.1. The van der Waals surface area contributed by atoms with Crippen molar-refractivity contribution in [3.8, 4) is 66.8 Å². The number of benzene rings is 20. The third-order valence-electron chi connectivity index (χ3n) is 32.5. The van der Waals surface area contributed by atoms with Crippen LogP contribution in [-0.4, -0.2) is 0 Å². The van der Waals surface area contributed by atoms with E-state index >= 15 is 0 Å². The Kier molecular flexibility index (Phi) is 25.1. The van der Waals surface area contributed by atoms with Crippen LogP contribution >= 0.6 is 45.3 Å². The normalized spacial score (nSPS) is 13.5. The molecule has 6 aliphatic carbocycles. The largest absolute Gasteiger partial charge is 0.135 e. The fourth-order valence-corrected chi connectivity index (χ4v) is 30.2. The molecule has 0 aliphatic heterocycles. The van der Waals surface area contributed by atoms with Crippen LogP contribution in [0.3, 0.4) is 0 Å². The summed E-state index contributed by atoms with van der Waals surface area (Å²) >= 11 is 7.58. The van der Waals surface area contributed by atoms with E-state index < -0.39 is 0 Å². The zero-order valence-electron chi connectivity index (χ0n) is 87.7. The van der Waals surface area contributed by atoms with E-state index in [9.17, 15) is 0 Å². The van der Waals surface area contributed by atoms with Crippen molar-refractivity contribution in [2.45, 2.75) is 161 Å². The zero-order chi connectivity index (χ0) is 102. The number of hydrogen-bond donors (Lipinski definition) is 0. The van der Waals surface area contributed by atoms with Crippen LogP contribution in [-0.2, 0) is 21.7 Å². The molecule has 0 atom stereocenters. The molecule has 0 fully saturated rings. The van der Waals surface area contributed by atoms with Gasteiger partial charge in [0.2, 0.25) is 0 Å². The van der Waals surface area contributed by atoms with E-state index in [0.29, 0.717) is 35.5 Å². The molecule has 0 unspecified atom stereocenters. The Morgan fingerprint density at radius 1 is 0.174 bits per heavy atom. The van der Waals surface area contributed by atoms with Crippen molar-refractivity contribution in [2.24, 2.45) is 0 Å². The van der Waals surface area contributed by atoms with Crippen molar-refractivity contribution in [2.75, 3.05) is 0 Å². The molecule has 0 radical (unpaired) electrons. The molecule has 24 aromatic rings. The highest BCUT2D eigenvalue weighted by Crippen LogP contribution is 2.68. The van der Waals surface area contributed by atoms with Crippen LogP contribution in [0.25, 0.3) is 147 Å². The van der Waals surface area contributed by atoms with Gasteiger partial charge in [-0.15, -0.1) is 45.3 Å². The summed E-state index contributed by atoms with van der Waals surface area (Å²) in [6.45, 7) is 34.1. The van der Waals surface area contributed by atoms with Gasteiger partial charge in [-0.25, -0.2) is 0 Å². The molecule has 4 heterocycles. The van der Waals surface area contributed by atoms with Crippen molar-refractivity contribution >= 4 is 126 Å². The van der Waals surface area contributed by atoms with Gasteiger partial charge in [0.15, 0.2) is 0 Å². The molecule has 20 aromatic carbocycles. The molecule has 0 N–H and O–H groups in total. The predicted octanol–water partition coefficient (Wildman–Crippen LogP) is 42.3. The molecule has 30 rings (SSSR count). The van der Waals surface area contributed by atoms with E-state index in [1.54, 1.807) is 0 Å². The van der Waals surface area contributed by atoms with Crippen LogP contribution in [0.2, 0.25) is 0 Å². The first-order valence-electron chi connectivity index (χ1n) is 53.5. The standard InChI is InChI=1S/3C28H22.C16H16S.3C15H14S/c1-18(2)19-13-9-14-23-22-12-5-8-17-26(22)28(27(19)23)24-15-6-3-10-20(24)21-11-4-7-16-25(21)28;1-18(2)19-15-16-27-23(17-19)22-11-5-8-14-26(22)28(27)24-12-6-3-9-20(24)21-10-4-7-13-25(21)28;1-18(2)19-15-16-23-22-11-5-8-14-26(22)28(27(23)17-19)24-12-6-3-9-20(24)21-10-4-7-13-25(21)28;1-16(2,3)11-8-9-15-13(10-11)12-6-4-5-7-14(12)17-15;1-10(2)11-7-5-8-13-12-6-3-4-9-14(12)16-15(11)13;1-10(2)11-7-5-9-14-15(11)12-6-3-4-8-13(12)16-14;1-10(2)11-7-8-13-12-5-3-4-6-14(12)16-15(13)9-11/h3*3-18H,1-2H3;4-10H,1-3H3;3*3-10H,1-2H3. The summed E-state index contributed by atoms with van der Waals surface area (Å²) in [5.74, 6) is 3.30. The molecule has 0 amide bonds. The summed E-state index contributed by atoms with van der Waals surface area (Å²) in [4.78, 5) is 0. The summed E-state index contributed by atoms with van der Waals surface area (Å²) in [6.07, 6.45) is 0. The van der Waals surface area contributed by atoms with Gasteiger partial charge in [-0.3, -0.25) is 0 Å². The predicted molar refractivity (Wildman–Crippen MR) is 649 cm³/mol. The summed E-state index contributed by atoms with van der Waals surface area (Å²) in [7, 11) is 0. The second-order valence-corrected chi connectivity index (χ2v) is 48.3. The maximum atomic E-state index is 2.47. The van der Waals surface area contributed by atoms with Crippen LogP contribution in [0.5, 0.6) is 0 Å². The van der Waals surface area contributed by atoms with E-state index in [2.05, 4.69) is 547 Å². The van der Waals surface area contributed by atoms with Gasteiger partial charge < -0.3 is 0 Å². The first kappa shape index (κ1) is 96.4. The Bertz CT molecular complexity index is 9120. The molecular formula is C145H124S4. The Morgan fingerprint density at radius 2 is 0.470 bits per heavy atom. The minimum atomic E-state index is -0.208. The third-order valence-corrected chi connectivity index (χ3v) is 37.1. The lowest BCUT2D eigenvalue weighted by atomic mass is 9.68. The zero-order valence-corrected chi connectivity index (χ0v) is 91.0. The topological polar surface area (TPSA) is 0 Å². The Morgan fingerprint density at radius 3 is 0.940 bits per heavy atom. The average Bonchev–Trinajstić information content (AvgIpc) is 1.51. The molecule has 4 aromatic heterocycles. The van der Waals surface area contributed by atoms with Crippen LogP contribution in [0, 0.1) is 0 Å². The van der Waals surface area contributed by atoms with Crippen molar-refractivity contribution in [1.82, 2.24) is 0 Å². The van der Waals surface area contributed by atoms with Crippen molar-refractivity contribution in [3.63, 3.8) is 0 Å². The molecular weight excluding hydrogens is 1870 g/mol. The number of fused-ring (bicyclic) bond motifs is 42. The fraction of sp³-hybridized carbons (Fsp3) is 0.172. The second-order valence-electron chi connectivity index (χ2n) is 44.0. The lowest BCUT2D eigenvalue weighted by molar-refractivity contribution is 0.591. The van der Waals surface area contributed by atoms with E-state index in [4.69, 9.17) is 0 Å². The van der Waals surface area contributed by atoms with Gasteiger partial charge in [0, 0.05) is 80.7 Å². The monoisotopic (exact) mass is 1990 g/mol. The first-order chi connectivity index (χ1) is 72.5. The van der Waals surface area contributed by atoms with Crippen LogP contribution in [0.1, 0.15) is 245 Å². The molecule has 728 valence electrons. The maximum Gasteiger partial charge on any atom is 0.0728 e. The van der Waals surface area contributed by atoms with Crippen molar-refractivity contribution in [1.29, 1.82) is 0 Å². The quantitative estimate of drug-likeness (QED) is 0.156. The summed E-state index contributed by atoms with van der Waals surface area (Å²) < 4.78 is 11.2. The number of hydrogen-bond acceptors (Lipinski definition) is 4. The number of thiophene rings is 4. The van der Waals surface area contributed by atoms with Crippen LogP contribution in [0.15, 0.2) is 443 Å². The van der Waals surface area contributed by atoms with E-state index in [1.807, 2.05) is 45.3 Å². The Labute approximate surface area is 894 Å². The Balaban J connectivity index is 0.0000000941. The van der Waals surface area contributed by atoms with Gasteiger partial charge in [0.25, 0.3) is 0 Å². The van der Waals surface area contributed by atoms with Crippen LogP contribution in [0.4, 0.5) is 0 Å². The maximum absolute atomic E-state index is 2.47. The molecule has 0 saturated carbocycles. The van der Waals surface area contributed by atoms with Crippen molar-refractivity contribution < 1.29 is 0 Å². The molecule has 0 bridgehead atoms. The molecule has 3 spiro atoms. The highest BCUT2D eigenvalue weighted by molar-refractivity contribution is 7.27. The van der Waals surface area contributed by atoms with Gasteiger partial charge in [-0.1, -0.05) is 498 Å². The highest BCUT2D eigenvalue weighted by Gasteiger charge is 2.55. The smallest absolute Gasteiger partial charge is 0.0728 e. The van der Waals surface area contributed by atoms with Gasteiger partial charge in [-0.05, 0) is 262 Å². The Hall–Kier alpha value is -14.7. The third kappa shape index (κ3) is 15.9. The minimum Gasteiger partial charge on any atom is -0.135 e. The molecule has 6 aliphatic rings. The van der Waals surface area contributed by atoms with Gasteiger partial charge in [-0.2, -0.15) is 0 Å². The molecule has 0 nitrogen and oxygen atoms in total. The molecule has 0 saturated heterocycles. The van der Waals surface area contributed by atoms with E-state index in [1.165, 1.54) is 253 Å². The number of rotatable bonds is 6. The van der Waals surface area contributed by atoms with Gasteiger partial charge in [0.1, 0.15) is 0 Å². The van der Waals surface area contributed by atoms with Gasteiger partial charge >= 0.3 is 0 Å². The molecule has 149 heavy (non-hydrogen) atoms. The first-order valence-corrected chi connectivity index (χ1v) is 56.7. The van der Waals surface area contributed by atoms with E-state index in [0.717, 1.165) is 0 Å². The SMILES string of the molecule is CC(C)(C)c1ccc2sc3ccccc3c2c1.CC(C)c1ccc2c(c1)-c1ccccc1C21c2ccccc2-c2ccccc21.CC(C)c1ccc2c(c1)C1(c3ccccc3-c3ccccc31)c1ccccc1-2.CC(C)c1ccc2c(c1)sc1ccccc12.CC(C)c1cccc2c1C1(c3ccccc3-c3ccccc31)c1ccccc1-2.CC(C)c1cccc2c1sc1ccccc12.CC(C)c1cccc2sc3ccccc3c12. The van der Waals surface area contributed by atoms with Crippen LogP contribution < -0.4 is 0 Å². The second kappa shape index (κ2) is 38.8. The summed E-state index contributed by atoms with van der Waals surface area (Å²) in [5, 5.41) is 11.2. The lowest BCUT2D eigenvalue weighted by Gasteiger charge is -2.32. The lowest BCUT2D eigenvalue weighted by Crippen LogP contribution is -2.27.